The van der Waals surface area contributed by atoms with E-state index in [1.807, 2.05) is 0 Å². The molecule has 0 bridgehead atoms. The molecule has 0 saturated carbocycles. The molecule has 1 atom stereocenters. The van der Waals surface area contributed by atoms with Crippen LogP contribution in [-0.4, -0.2) is 37.7 Å². The number of aromatic nitrogens is 2. The Bertz CT molecular complexity index is 496. The van der Waals surface area contributed by atoms with Crippen molar-refractivity contribution in [3.63, 3.8) is 0 Å². The van der Waals surface area contributed by atoms with Crippen LogP contribution in [0.3, 0.4) is 0 Å². The minimum atomic E-state index is -1.13. The summed E-state index contributed by atoms with van der Waals surface area (Å²) in [6.45, 7) is 3.06. The van der Waals surface area contributed by atoms with Crippen molar-refractivity contribution in [3.05, 3.63) is 22.4 Å². The Morgan fingerprint density at radius 3 is 2.63 bits per heavy atom. The second-order valence-electron chi connectivity index (χ2n) is 4.26. The van der Waals surface area contributed by atoms with E-state index >= 15 is 0 Å². The Balaban J connectivity index is 2.63. The van der Waals surface area contributed by atoms with E-state index in [1.165, 1.54) is 6.20 Å². The van der Waals surface area contributed by atoms with Gasteiger partial charge in [0.1, 0.15) is 12.6 Å². The molecule has 0 fully saturated rings. The van der Waals surface area contributed by atoms with E-state index in [-0.39, 0.29) is 18.3 Å². The lowest BCUT2D eigenvalue weighted by Crippen LogP contribution is -2.45. The number of carbonyl (C=O) groups is 2. The van der Waals surface area contributed by atoms with Gasteiger partial charge in [0, 0.05) is 0 Å². The number of nitrogens with one attached hydrogen (secondary N) is 1. The van der Waals surface area contributed by atoms with Crippen molar-refractivity contribution in [2.75, 3.05) is 0 Å². The van der Waals surface area contributed by atoms with Gasteiger partial charge in [0.2, 0.25) is 5.91 Å². The van der Waals surface area contributed by atoms with Crippen LogP contribution >= 0.6 is 0 Å². The third-order valence-electron chi connectivity index (χ3n) is 2.37. The summed E-state index contributed by atoms with van der Waals surface area (Å²) < 4.78 is 1.08. The minimum absolute atomic E-state index is 0.270. The Kier molecular flexibility index (Phi) is 4.56. The lowest BCUT2D eigenvalue weighted by atomic mass is 10.1. The zero-order chi connectivity index (χ0) is 14.6. The van der Waals surface area contributed by atoms with Gasteiger partial charge in [0.25, 0.3) is 0 Å². The van der Waals surface area contributed by atoms with Crippen LogP contribution in [0.25, 0.3) is 0 Å². The quantitative estimate of drug-likeness (QED) is 0.554. The molecule has 0 spiro atoms. The molecule has 1 aromatic heterocycles. The average Bonchev–Trinajstić information content (AvgIpc) is 2.73. The van der Waals surface area contributed by atoms with Gasteiger partial charge < -0.3 is 20.5 Å². The van der Waals surface area contributed by atoms with Crippen LogP contribution in [0.5, 0.6) is 0 Å². The molecule has 0 aliphatic rings. The van der Waals surface area contributed by atoms with Crippen LogP contribution in [0.15, 0.2) is 12.3 Å². The first-order valence-corrected chi connectivity index (χ1v) is 5.51. The number of carboxylic acid groups (broad SMARTS) is 1. The van der Waals surface area contributed by atoms with Gasteiger partial charge in [0.05, 0.1) is 17.4 Å². The standard InChI is InChI=1S/C10H14N4O5/c1-6(2)9(10(16)17)11-8(15)5-13-4-3-7(12-13)14(18)19/h3-4,6,9H,5H2,1-2H3,(H,11,15)(H,16,17)/t9-/m0/s1. The highest BCUT2D eigenvalue weighted by atomic mass is 16.6. The topological polar surface area (TPSA) is 127 Å². The van der Waals surface area contributed by atoms with Crippen LogP contribution in [0, 0.1) is 16.0 Å². The van der Waals surface area contributed by atoms with Crippen molar-refractivity contribution < 1.29 is 19.6 Å². The van der Waals surface area contributed by atoms with Crippen molar-refractivity contribution in [1.82, 2.24) is 15.1 Å². The fraction of sp³-hybridized carbons (Fsp3) is 0.500. The molecular weight excluding hydrogens is 256 g/mol. The average molecular weight is 270 g/mol. The van der Waals surface area contributed by atoms with Crippen LogP contribution in [0.4, 0.5) is 5.82 Å². The van der Waals surface area contributed by atoms with E-state index in [1.54, 1.807) is 13.8 Å². The molecular formula is C10H14N4O5. The first-order chi connectivity index (χ1) is 8.81. The number of rotatable bonds is 6. The predicted molar refractivity (Wildman–Crippen MR) is 63.3 cm³/mol. The molecule has 0 aliphatic carbocycles. The first kappa shape index (κ1) is 14.6. The number of nitro groups is 1. The van der Waals surface area contributed by atoms with Crippen molar-refractivity contribution >= 4 is 17.7 Å². The van der Waals surface area contributed by atoms with E-state index in [0.29, 0.717) is 0 Å². The van der Waals surface area contributed by atoms with E-state index in [0.717, 1.165) is 10.7 Å². The summed E-state index contributed by atoms with van der Waals surface area (Å²) in [4.78, 5) is 32.2. The van der Waals surface area contributed by atoms with Crippen molar-refractivity contribution in [3.8, 4) is 0 Å². The summed E-state index contributed by atoms with van der Waals surface area (Å²) in [7, 11) is 0. The highest BCUT2D eigenvalue weighted by Crippen LogP contribution is 2.05. The maximum atomic E-state index is 11.6. The molecule has 104 valence electrons. The van der Waals surface area contributed by atoms with Gasteiger partial charge in [-0.25, -0.2) is 4.79 Å². The number of carboxylic acids is 1. The van der Waals surface area contributed by atoms with E-state index in [9.17, 15) is 19.7 Å². The van der Waals surface area contributed by atoms with Gasteiger partial charge in [-0.3, -0.25) is 4.79 Å². The second-order valence-corrected chi connectivity index (χ2v) is 4.26. The van der Waals surface area contributed by atoms with Crippen LogP contribution in [0.2, 0.25) is 0 Å². The SMILES string of the molecule is CC(C)[C@H](NC(=O)Cn1ccc([N+](=O)[O-])n1)C(=O)O. The number of carbonyl (C=O) groups excluding carboxylic acids is 1. The summed E-state index contributed by atoms with van der Waals surface area (Å²) >= 11 is 0. The molecule has 1 heterocycles. The molecule has 1 aromatic rings. The summed E-state index contributed by atoms with van der Waals surface area (Å²) in [6, 6.07) is 0.155. The Hall–Kier alpha value is -2.45. The zero-order valence-electron chi connectivity index (χ0n) is 10.4. The highest BCUT2D eigenvalue weighted by molar-refractivity contribution is 5.83. The molecule has 0 aromatic carbocycles. The fourth-order valence-electron chi connectivity index (χ4n) is 1.42. The molecule has 0 radical (unpaired) electrons. The molecule has 1 amide bonds. The van der Waals surface area contributed by atoms with E-state index in [2.05, 4.69) is 10.4 Å². The van der Waals surface area contributed by atoms with E-state index < -0.39 is 22.8 Å². The van der Waals surface area contributed by atoms with Gasteiger partial charge in [-0.05, 0) is 10.8 Å². The molecule has 0 saturated heterocycles. The van der Waals surface area contributed by atoms with Gasteiger partial charge >= 0.3 is 11.8 Å². The molecule has 9 nitrogen and oxygen atoms in total. The monoisotopic (exact) mass is 270 g/mol. The lowest BCUT2D eigenvalue weighted by Gasteiger charge is -2.17. The Morgan fingerprint density at radius 2 is 2.21 bits per heavy atom. The minimum Gasteiger partial charge on any atom is -0.480 e. The zero-order valence-corrected chi connectivity index (χ0v) is 10.4. The van der Waals surface area contributed by atoms with Crippen LogP contribution in [0.1, 0.15) is 13.8 Å². The van der Waals surface area contributed by atoms with Crippen molar-refractivity contribution in [2.24, 2.45) is 5.92 Å². The first-order valence-electron chi connectivity index (χ1n) is 5.51. The summed E-state index contributed by atoms with van der Waals surface area (Å²) in [5.74, 6) is -2.34. The Morgan fingerprint density at radius 1 is 1.58 bits per heavy atom. The van der Waals surface area contributed by atoms with Gasteiger partial charge in [-0.1, -0.05) is 13.8 Å². The number of nitrogens with zero attached hydrogens (tertiary/aromatic N) is 3. The largest absolute Gasteiger partial charge is 0.480 e. The number of amides is 1. The molecule has 0 aliphatic heterocycles. The molecule has 9 heteroatoms. The third kappa shape index (κ3) is 4.05. The number of hydrogen-bond donors (Lipinski definition) is 2. The number of hydrogen-bond acceptors (Lipinski definition) is 5. The molecule has 1 rings (SSSR count). The fourth-order valence-corrected chi connectivity index (χ4v) is 1.42. The molecule has 0 unspecified atom stereocenters. The van der Waals surface area contributed by atoms with Crippen LogP contribution in [-0.2, 0) is 16.1 Å². The highest BCUT2D eigenvalue weighted by Gasteiger charge is 2.24. The van der Waals surface area contributed by atoms with Crippen molar-refractivity contribution in [2.45, 2.75) is 26.4 Å². The summed E-state index contributed by atoms with van der Waals surface area (Å²) in [5.41, 5.74) is 0. The van der Waals surface area contributed by atoms with Gasteiger partial charge in [0.15, 0.2) is 0 Å². The van der Waals surface area contributed by atoms with Gasteiger partial charge in [-0.15, -0.1) is 0 Å². The second kappa shape index (κ2) is 5.94. The molecule has 19 heavy (non-hydrogen) atoms. The summed E-state index contributed by atoms with van der Waals surface area (Å²) in [5, 5.41) is 25.2. The van der Waals surface area contributed by atoms with E-state index in [4.69, 9.17) is 5.11 Å². The van der Waals surface area contributed by atoms with Gasteiger partial charge in [-0.2, -0.15) is 4.68 Å². The normalized spacial score (nSPS) is 12.2. The Labute approximate surface area is 108 Å². The number of aliphatic carboxylic acids is 1. The smallest absolute Gasteiger partial charge is 0.389 e. The third-order valence-corrected chi connectivity index (χ3v) is 2.37. The van der Waals surface area contributed by atoms with Crippen LogP contribution < -0.4 is 5.32 Å². The maximum absolute atomic E-state index is 11.6. The lowest BCUT2D eigenvalue weighted by molar-refractivity contribution is -0.389. The summed E-state index contributed by atoms with van der Waals surface area (Å²) in [6.07, 6.45) is 1.28. The maximum Gasteiger partial charge on any atom is 0.389 e. The van der Waals surface area contributed by atoms with Crippen molar-refractivity contribution in [1.29, 1.82) is 0 Å². The predicted octanol–water partition coefficient (Wildman–Crippen LogP) is 0.0167. The molecule has 2 N–H and O–H groups in total.